The Bertz CT molecular complexity index is 603. The van der Waals surface area contributed by atoms with E-state index in [0.717, 1.165) is 30.5 Å². The molecule has 2 atom stereocenters. The van der Waals surface area contributed by atoms with Crippen LogP contribution in [0.4, 0.5) is 0 Å². The number of pyridine rings is 1. The fourth-order valence-electron chi connectivity index (χ4n) is 3.31. The Labute approximate surface area is 126 Å². The molecule has 0 fully saturated rings. The van der Waals surface area contributed by atoms with E-state index >= 15 is 0 Å². The standard InChI is InChI=1S/C19H23NO/c1-13(2)12-14-5-7-16(8-6-14)19(21)17-10-9-15-4-3-11-20-18(15)17/h3-8,11,13,17,19,21H,9-10,12H2,1-2H3. The zero-order chi connectivity index (χ0) is 14.8. The van der Waals surface area contributed by atoms with Crippen LogP contribution in [-0.2, 0) is 12.8 Å². The van der Waals surface area contributed by atoms with E-state index in [2.05, 4.69) is 49.2 Å². The first-order valence-corrected chi connectivity index (χ1v) is 7.86. The van der Waals surface area contributed by atoms with Crippen LogP contribution >= 0.6 is 0 Å². The smallest absolute Gasteiger partial charge is 0.0873 e. The van der Waals surface area contributed by atoms with Crippen molar-refractivity contribution < 1.29 is 5.11 Å². The summed E-state index contributed by atoms with van der Waals surface area (Å²) < 4.78 is 0. The number of fused-ring (bicyclic) bond motifs is 1. The lowest BCUT2D eigenvalue weighted by Crippen LogP contribution is -2.09. The Hall–Kier alpha value is -1.67. The molecular formula is C19H23NO. The zero-order valence-electron chi connectivity index (χ0n) is 12.8. The van der Waals surface area contributed by atoms with E-state index in [-0.39, 0.29) is 5.92 Å². The van der Waals surface area contributed by atoms with Crippen molar-refractivity contribution in [3.63, 3.8) is 0 Å². The van der Waals surface area contributed by atoms with E-state index in [1.807, 2.05) is 12.3 Å². The second-order valence-electron chi connectivity index (χ2n) is 6.48. The van der Waals surface area contributed by atoms with Gasteiger partial charge in [-0.3, -0.25) is 4.98 Å². The average molecular weight is 281 g/mol. The molecule has 1 aromatic carbocycles. The van der Waals surface area contributed by atoms with E-state index in [4.69, 9.17) is 0 Å². The molecule has 110 valence electrons. The summed E-state index contributed by atoms with van der Waals surface area (Å²) in [5.41, 5.74) is 4.71. The van der Waals surface area contributed by atoms with E-state index in [9.17, 15) is 5.11 Å². The second kappa shape index (κ2) is 5.98. The molecule has 0 saturated carbocycles. The second-order valence-corrected chi connectivity index (χ2v) is 6.48. The number of aliphatic hydroxyl groups excluding tert-OH is 1. The lowest BCUT2D eigenvalue weighted by Gasteiger charge is -2.19. The number of hydrogen-bond donors (Lipinski definition) is 1. The zero-order valence-corrected chi connectivity index (χ0v) is 12.8. The molecule has 0 aliphatic heterocycles. The predicted molar refractivity (Wildman–Crippen MR) is 85.2 cm³/mol. The lowest BCUT2D eigenvalue weighted by atomic mass is 9.92. The largest absolute Gasteiger partial charge is 0.388 e. The molecule has 0 radical (unpaired) electrons. The molecule has 3 rings (SSSR count). The molecule has 1 N–H and O–H groups in total. The summed E-state index contributed by atoms with van der Waals surface area (Å²) in [4.78, 5) is 4.48. The average Bonchev–Trinajstić information content (AvgIpc) is 2.90. The van der Waals surface area contributed by atoms with E-state index < -0.39 is 6.10 Å². The van der Waals surface area contributed by atoms with Gasteiger partial charge in [-0.1, -0.05) is 44.2 Å². The number of aryl methyl sites for hydroxylation is 1. The fourth-order valence-corrected chi connectivity index (χ4v) is 3.31. The number of aliphatic hydroxyl groups is 1. The minimum absolute atomic E-state index is 0.136. The van der Waals surface area contributed by atoms with Gasteiger partial charge in [0.2, 0.25) is 0 Å². The number of nitrogens with zero attached hydrogens (tertiary/aromatic N) is 1. The molecule has 0 spiro atoms. The summed E-state index contributed by atoms with van der Waals surface area (Å²) in [6, 6.07) is 12.5. The maximum Gasteiger partial charge on any atom is 0.0873 e. The molecule has 2 unspecified atom stereocenters. The van der Waals surface area contributed by atoms with Crippen LogP contribution in [0.25, 0.3) is 0 Å². The highest BCUT2D eigenvalue weighted by molar-refractivity contribution is 5.33. The van der Waals surface area contributed by atoms with Gasteiger partial charge in [0.05, 0.1) is 6.10 Å². The van der Waals surface area contributed by atoms with Crippen LogP contribution in [0.3, 0.4) is 0 Å². The van der Waals surface area contributed by atoms with Crippen molar-refractivity contribution in [2.24, 2.45) is 5.92 Å². The van der Waals surface area contributed by atoms with Gasteiger partial charge in [0.25, 0.3) is 0 Å². The summed E-state index contributed by atoms with van der Waals surface area (Å²) in [5.74, 6) is 0.795. The minimum Gasteiger partial charge on any atom is -0.388 e. The van der Waals surface area contributed by atoms with Gasteiger partial charge in [-0.25, -0.2) is 0 Å². The van der Waals surface area contributed by atoms with Crippen molar-refractivity contribution >= 4 is 0 Å². The van der Waals surface area contributed by atoms with E-state index in [1.54, 1.807) is 0 Å². The normalized spacial score (nSPS) is 18.8. The highest BCUT2D eigenvalue weighted by atomic mass is 16.3. The van der Waals surface area contributed by atoms with Crippen molar-refractivity contribution in [3.8, 4) is 0 Å². The molecule has 2 aromatic rings. The van der Waals surface area contributed by atoms with Gasteiger partial charge >= 0.3 is 0 Å². The maximum atomic E-state index is 10.7. The monoisotopic (exact) mass is 281 g/mol. The van der Waals surface area contributed by atoms with Gasteiger partial charge in [-0.05, 0) is 47.9 Å². The summed E-state index contributed by atoms with van der Waals surface area (Å²) in [7, 11) is 0. The topological polar surface area (TPSA) is 33.1 Å². The summed E-state index contributed by atoms with van der Waals surface area (Å²) in [5, 5.41) is 10.7. The van der Waals surface area contributed by atoms with Crippen LogP contribution < -0.4 is 0 Å². The lowest BCUT2D eigenvalue weighted by molar-refractivity contribution is 0.143. The Morgan fingerprint density at radius 1 is 1.19 bits per heavy atom. The molecule has 2 heteroatoms. The van der Waals surface area contributed by atoms with Crippen molar-refractivity contribution in [2.75, 3.05) is 0 Å². The van der Waals surface area contributed by atoms with Crippen molar-refractivity contribution in [3.05, 3.63) is 65.0 Å². The molecule has 2 nitrogen and oxygen atoms in total. The molecule has 1 aliphatic carbocycles. The molecule has 0 bridgehead atoms. The van der Waals surface area contributed by atoms with Crippen molar-refractivity contribution in [2.45, 2.75) is 45.1 Å². The van der Waals surface area contributed by atoms with Crippen LogP contribution in [0, 0.1) is 5.92 Å². The number of rotatable bonds is 4. The number of aromatic nitrogens is 1. The summed E-state index contributed by atoms with van der Waals surface area (Å²) >= 11 is 0. The van der Waals surface area contributed by atoms with Crippen LogP contribution in [0.5, 0.6) is 0 Å². The first-order valence-electron chi connectivity index (χ1n) is 7.86. The van der Waals surface area contributed by atoms with Crippen LogP contribution in [-0.4, -0.2) is 10.1 Å². The van der Waals surface area contributed by atoms with E-state index in [0.29, 0.717) is 5.92 Å². The maximum absolute atomic E-state index is 10.7. The third kappa shape index (κ3) is 3.01. The van der Waals surface area contributed by atoms with Gasteiger partial charge in [0.15, 0.2) is 0 Å². The van der Waals surface area contributed by atoms with Gasteiger partial charge in [-0.2, -0.15) is 0 Å². The molecule has 1 heterocycles. The first-order chi connectivity index (χ1) is 10.1. The van der Waals surface area contributed by atoms with E-state index in [1.165, 1.54) is 11.1 Å². The molecule has 1 aliphatic rings. The highest BCUT2D eigenvalue weighted by Crippen LogP contribution is 2.40. The molecule has 0 amide bonds. The van der Waals surface area contributed by atoms with Crippen LogP contribution in [0.1, 0.15) is 54.7 Å². The third-order valence-electron chi connectivity index (χ3n) is 4.35. The molecular weight excluding hydrogens is 258 g/mol. The Kier molecular flexibility index (Phi) is 4.07. The minimum atomic E-state index is -0.450. The van der Waals surface area contributed by atoms with Gasteiger partial charge in [-0.15, -0.1) is 0 Å². The Balaban J connectivity index is 1.78. The number of hydrogen-bond acceptors (Lipinski definition) is 2. The fraction of sp³-hybridized carbons (Fsp3) is 0.421. The molecule has 1 aromatic heterocycles. The van der Waals surface area contributed by atoms with Gasteiger partial charge in [0, 0.05) is 17.8 Å². The third-order valence-corrected chi connectivity index (χ3v) is 4.35. The highest BCUT2D eigenvalue weighted by Gasteiger charge is 2.30. The predicted octanol–water partition coefficient (Wildman–Crippen LogP) is 4.04. The van der Waals surface area contributed by atoms with Gasteiger partial charge < -0.3 is 5.11 Å². The van der Waals surface area contributed by atoms with Gasteiger partial charge in [0.1, 0.15) is 0 Å². The number of benzene rings is 1. The summed E-state index contributed by atoms with van der Waals surface area (Å²) in [6.45, 7) is 4.45. The molecule has 0 saturated heterocycles. The van der Waals surface area contributed by atoms with Crippen molar-refractivity contribution in [1.29, 1.82) is 0 Å². The quantitative estimate of drug-likeness (QED) is 0.917. The SMILES string of the molecule is CC(C)Cc1ccc(C(O)C2CCc3cccnc32)cc1. The van der Waals surface area contributed by atoms with Crippen molar-refractivity contribution in [1.82, 2.24) is 4.98 Å². The van der Waals surface area contributed by atoms with Crippen LogP contribution in [0.2, 0.25) is 0 Å². The molecule has 21 heavy (non-hydrogen) atoms. The Morgan fingerprint density at radius 3 is 2.67 bits per heavy atom. The summed E-state index contributed by atoms with van der Waals surface area (Å²) in [6.07, 6.45) is 4.48. The van der Waals surface area contributed by atoms with Crippen LogP contribution in [0.15, 0.2) is 42.6 Å². The first kappa shape index (κ1) is 14.3. The Morgan fingerprint density at radius 2 is 1.95 bits per heavy atom.